The Morgan fingerprint density at radius 1 is 1.21 bits per heavy atom. The second-order valence-corrected chi connectivity index (χ2v) is 8.24. The number of hydrogen-bond acceptors (Lipinski definition) is 6. The molecule has 0 bridgehead atoms. The molecular formula is C21H32N6O2. The molecule has 158 valence electrons. The number of furan rings is 1. The van der Waals surface area contributed by atoms with Crippen molar-refractivity contribution >= 4 is 5.91 Å². The van der Waals surface area contributed by atoms with E-state index in [0.29, 0.717) is 24.9 Å². The average molecular weight is 401 g/mol. The number of aromatic nitrogens is 4. The van der Waals surface area contributed by atoms with Gasteiger partial charge in [-0.1, -0.05) is 39.0 Å². The van der Waals surface area contributed by atoms with Crippen molar-refractivity contribution in [3.8, 4) is 0 Å². The first-order chi connectivity index (χ1) is 14.3. The summed E-state index contributed by atoms with van der Waals surface area (Å²) in [6, 6.07) is 4.14. The lowest BCUT2D eigenvalue weighted by Gasteiger charge is -2.39. The molecule has 8 nitrogen and oxygen atoms in total. The fraction of sp³-hybridized carbons (Fsp3) is 0.714. The fourth-order valence-corrected chi connectivity index (χ4v) is 4.67. The number of carbonyl (C=O) groups excluding carboxylic acids is 1. The quantitative estimate of drug-likeness (QED) is 0.708. The van der Waals surface area contributed by atoms with Crippen molar-refractivity contribution in [3.63, 3.8) is 0 Å². The van der Waals surface area contributed by atoms with Gasteiger partial charge in [0.15, 0.2) is 11.6 Å². The van der Waals surface area contributed by atoms with Crippen molar-refractivity contribution in [1.29, 1.82) is 0 Å². The van der Waals surface area contributed by atoms with Crippen LogP contribution >= 0.6 is 0 Å². The Hall–Kier alpha value is -2.22. The Kier molecular flexibility index (Phi) is 6.59. The number of tetrazole rings is 1. The molecule has 3 heterocycles. The number of nitrogens with zero attached hydrogens (tertiary/aromatic N) is 6. The van der Waals surface area contributed by atoms with Gasteiger partial charge >= 0.3 is 0 Å². The van der Waals surface area contributed by atoms with Crippen LogP contribution in [0.15, 0.2) is 22.8 Å². The van der Waals surface area contributed by atoms with E-state index in [1.807, 2.05) is 4.90 Å². The number of carbonyl (C=O) groups is 1. The lowest BCUT2D eigenvalue weighted by Crippen LogP contribution is -2.50. The van der Waals surface area contributed by atoms with Crippen molar-refractivity contribution < 1.29 is 9.21 Å². The smallest absolute Gasteiger partial charge is 0.289 e. The van der Waals surface area contributed by atoms with Crippen molar-refractivity contribution in [2.45, 2.75) is 70.4 Å². The number of amides is 1. The molecule has 1 saturated heterocycles. The summed E-state index contributed by atoms with van der Waals surface area (Å²) in [6.07, 6.45) is 11.1. The topological polar surface area (TPSA) is 80.3 Å². The molecule has 29 heavy (non-hydrogen) atoms. The van der Waals surface area contributed by atoms with Gasteiger partial charge in [-0.25, -0.2) is 4.68 Å². The summed E-state index contributed by atoms with van der Waals surface area (Å²) < 4.78 is 7.39. The third kappa shape index (κ3) is 4.52. The molecule has 2 aliphatic rings. The molecule has 1 aliphatic heterocycles. The number of rotatable bonds is 7. The van der Waals surface area contributed by atoms with Gasteiger partial charge in [-0.05, 0) is 41.8 Å². The van der Waals surface area contributed by atoms with Crippen LogP contribution in [0.3, 0.4) is 0 Å². The molecule has 2 aromatic rings. The molecule has 0 radical (unpaired) electrons. The average Bonchev–Trinajstić information content (AvgIpc) is 3.47. The first kappa shape index (κ1) is 20.1. The third-order valence-electron chi connectivity index (χ3n) is 6.34. The Morgan fingerprint density at radius 3 is 2.69 bits per heavy atom. The largest absolute Gasteiger partial charge is 0.459 e. The standard InChI is InChI=1S/C21H32N6O2/c1-2-3-10-18(20-22-23-24-27(20)17-8-5-4-6-9-17)25-12-14-26(15-13-25)21(28)19-11-7-16-29-19/h7,11,16-18H,2-6,8-10,12-15H2,1H3. The highest BCUT2D eigenvalue weighted by atomic mass is 16.3. The number of piperazine rings is 1. The van der Waals surface area contributed by atoms with E-state index in [9.17, 15) is 4.79 Å². The van der Waals surface area contributed by atoms with Crippen molar-refractivity contribution in [3.05, 3.63) is 30.0 Å². The van der Waals surface area contributed by atoms with Gasteiger partial charge in [-0.3, -0.25) is 9.69 Å². The van der Waals surface area contributed by atoms with Gasteiger partial charge in [0.05, 0.1) is 18.3 Å². The van der Waals surface area contributed by atoms with Crippen molar-refractivity contribution in [2.24, 2.45) is 0 Å². The van der Waals surface area contributed by atoms with Crippen LogP contribution in [0.5, 0.6) is 0 Å². The predicted molar refractivity (Wildman–Crippen MR) is 108 cm³/mol. The van der Waals surface area contributed by atoms with Crippen LogP contribution in [-0.4, -0.2) is 62.1 Å². The first-order valence-electron chi connectivity index (χ1n) is 11.1. The zero-order valence-corrected chi connectivity index (χ0v) is 17.4. The van der Waals surface area contributed by atoms with E-state index in [1.54, 1.807) is 18.4 Å². The molecular weight excluding hydrogens is 368 g/mol. The molecule has 2 fully saturated rings. The first-order valence-corrected chi connectivity index (χ1v) is 11.1. The minimum atomic E-state index is -0.0215. The SMILES string of the molecule is CCCCC(c1nnnn1C1CCCCC1)N1CCN(C(=O)c2ccco2)CC1. The Labute approximate surface area is 172 Å². The van der Waals surface area contributed by atoms with E-state index >= 15 is 0 Å². The monoisotopic (exact) mass is 400 g/mol. The van der Waals surface area contributed by atoms with Crippen molar-refractivity contribution in [1.82, 2.24) is 30.0 Å². The second-order valence-electron chi connectivity index (χ2n) is 8.24. The summed E-state index contributed by atoms with van der Waals surface area (Å²) >= 11 is 0. The molecule has 0 N–H and O–H groups in total. The van der Waals surface area contributed by atoms with Gasteiger partial charge in [0.25, 0.3) is 5.91 Å². The highest BCUT2D eigenvalue weighted by molar-refractivity contribution is 5.91. The van der Waals surface area contributed by atoms with Gasteiger partial charge in [0.1, 0.15) is 0 Å². The van der Waals surface area contributed by atoms with Crippen LogP contribution in [0.2, 0.25) is 0 Å². The summed E-state index contributed by atoms with van der Waals surface area (Å²) in [4.78, 5) is 16.9. The molecule has 1 amide bonds. The van der Waals surface area contributed by atoms with E-state index in [4.69, 9.17) is 4.42 Å². The van der Waals surface area contributed by atoms with Crippen LogP contribution in [0.4, 0.5) is 0 Å². The Morgan fingerprint density at radius 2 is 2.00 bits per heavy atom. The van der Waals surface area contributed by atoms with Crippen LogP contribution in [0, 0.1) is 0 Å². The fourth-order valence-electron chi connectivity index (χ4n) is 4.67. The normalized spacial score (nSPS) is 20.1. The zero-order chi connectivity index (χ0) is 20.1. The van der Waals surface area contributed by atoms with E-state index in [0.717, 1.165) is 38.2 Å². The lowest BCUT2D eigenvalue weighted by atomic mass is 9.95. The van der Waals surface area contributed by atoms with E-state index in [-0.39, 0.29) is 11.9 Å². The summed E-state index contributed by atoms with van der Waals surface area (Å²) in [7, 11) is 0. The minimum Gasteiger partial charge on any atom is -0.459 e. The second kappa shape index (κ2) is 9.52. The summed E-state index contributed by atoms with van der Waals surface area (Å²) in [6.45, 7) is 5.29. The minimum absolute atomic E-state index is 0.0215. The van der Waals surface area contributed by atoms with Crippen molar-refractivity contribution in [2.75, 3.05) is 26.2 Å². The van der Waals surface area contributed by atoms with Crippen LogP contribution < -0.4 is 0 Å². The number of unbranched alkanes of at least 4 members (excludes halogenated alkanes) is 1. The van der Waals surface area contributed by atoms with Gasteiger partial charge in [0.2, 0.25) is 0 Å². The molecule has 1 unspecified atom stereocenters. The van der Waals surface area contributed by atoms with Crippen LogP contribution in [0.25, 0.3) is 0 Å². The Balaban J connectivity index is 1.46. The highest BCUT2D eigenvalue weighted by Gasteiger charge is 2.32. The van der Waals surface area contributed by atoms with Crippen LogP contribution in [0.1, 0.15) is 86.8 Å². The number of hydrogen-bond donors (Lipinski definition) is 0. The maximum absolute atomic E-state index is 12.6. The molecule has 4 rings (SSSR count). The zero-order valence-electron chi connectivity index (χ0n) is 17.4. The molecule has 1 saturated carbocycles. The van der Waals surface area contributed by atoms with E-state index < -0.39 is 0 Å². The maximum atomic E-state index is 12.6. The van der Waals surface area contributed by atoms with E-state index in [2.05, 4.69) is 32.0 Å². The summed E-state index contributed by atoms with van der Waals surface area (Å²) in [5.41, 5.74) is 0. The molecule has 8 heteroatoms. The summed E-state index contributed by atoms with van der Waals surface area (Å²) in [5.74, 6) is 1.41. The van der Waals surface area contributed by atoms with E-state index in [1.165, 1.54) is 32.1 Å². The summed E-state index contributed by atoms with van der Waals surface area (Å²) in [5, 5.41) is 12.9. The van der Waals surface area contributed by atoms with Gasteiger partial charge in [-0.15, -0.1) is 5.10 Å². The van der Waals surface area contributed by atoms with Gasteiger partial charge in [-0.2, -0.15) is 0 Å². The third-order valence-corrected chi connectivity index (χ3v) is 6.34. The lowest BCUT2D eigenvalue weighted by molar-refractivity contribution is 0.0509. The Bertz CT molecular complexity index is 760. The predicted octanol–water partition coefficient (Wildman–Crippen LogP) is 3.46. The molecule has 1 aliphatic carbocycles. The van der Waals surface area contributed by atoms with Gasteiger partial charge < -0.3 is 9.32 Å². The molecule has 0 spiro atoms. The maximum Gasteiger partial charge on any atom is 0.289 e. The highest BCUT2D eigenvalue weighted by Crippen LogP contribution is 2.32. The molecule has 2 aromatic heterocycles. The molecule has 1 atom stereocenters. The van der Waals surface area contributed by atoms with Gasteiger partial charge in [0, 0.05) is 26.2 Å². The van der Waals surface area contributed by atoms with Crippen LogP contribution in [-0.2, 0) is 0 Å². The molecule has 0 aromatic carbocycles.